The molecule has 1 fully saturated rings. The summed E-state index contributed by atoms with van der Waals surface area (Å²) in [6.45, 7) is 2.71. The molecule has 1 aromatic heterocycles. The van der Waals surface area contributed by atoms with Crippen molar-refractivity contribution in [1.82, 2.24) is 9.78 Å². The topological polar surface area (TPSA) is 87.9 Å². The highest BCUT2D eigenvalue weighted by atomic mass is 35.7. The van der Waals surface area contributed by atoms with E-state index in [1.807, 2.05) is 16.5 Å². The summed E-state index contributed by atoms with van der Waals surface area (Å²) in [6.07, 6.45) is 5.77. The lowest BCUT2D eigenvalue weighted by atomic mass is 9.95. The number of halogens is 1. The number of fused-ring (bicyclic) bond motifs is 1. The Morgan fingerprint density at radius 1 is 1.24 bits per heavy atom. The molecule has 10 heteroatoms. The average molecular weight is 441 g/mol. The lowest BCUT2D eigenvalue weighted by Crippen LogP contribution is -2.42. The van der Waals surface area contributed by atoms with Gasteiger partial charge in [0.25, 0.3) is 9.05 Å². The number of rotatable bonds is 4. The van der Waals surface area contributed by atoms with E-state index in [0.717, 1.165) is 29.9 Å². The molecule has 1 aliphatic carbocycles. The Hall–Kier alpha value is -1.97. The zero-order chi connectivity index (χ0) is 20.8. The number of anilines is 2. The first-order valence-corrected chi connectivity index (χ1v) is 12.0. The van der Waals surface area contributed by atoms with Gasteiger partial charge in [0.05, 0.1) is 36.0 Å². The first kappa shape index (κ1) is 20.3. The summed E-state index contributed by atoms with van der Waals surface area (Å²) < 4.78 is 30.7. The van der Waals surface area contributed by atoms with Gasteiger partial charge in [-0.2, -0.15) is 5.10 Å². The number of methoxy groups -OCH3 is 1. The third-order valence-electron chi connectivity index (χ3n) is 5.77. The summed E-state index contributed by atoms with van der Waals surface area (Å²) in [6, 6.07) is 4.80. The second kappa shape index (κ2) is 7.70. The SMILES string of the molecule is COc1cc(S(=O)(=O)Cl)ccc1N1Cc2c(C)nn(C3CCCCC3)c2N(O)C1. The largest absolute Gasteiger partial charge is 0.495 e. The maximum absolute atomic E-state index is 11.6. The minimum Gasteiger partial charge on any atom is -0.495 e. The predicted octanol–water partition coefficient (Wildman–Crippen LogP) is 3.81. The number of hydrogen-bond acceptors (Lipinski definition) is 7. The maximum atomic E-state index is 11.6. The van der Waals surface area contributed by atoms with Crippen LogP contribution in [0.15, 0.2) is 23.1 Å². The van der Waals surface area contributed by atoms with Crippen molar-refractivity contribution in [2.24, 2.45) is 0 Å². The highest BCUT2D eigenvalue weighted by Gasteiger charge is 2.32. The number of hydroxylamine groups is 1. The van der Waals surface area contributed by atoms with E-state index in [0.29, 0.717) is 24.0 Å². The van der Waals surface area contributed by atoms with Crippen LogP contribution in [-0.4, -0.2) is 37.2 Å². The summed E-state index contributed by atoms with van der Waals surface area (Å²) >= 11 is 0. The highest BCUT2D eigenvalue weighted by molar-refractivity contribution is 8.13. The Morgan fingerprint density at radius 3 is 2.62 bits per heavy atom. The molecule has 0 radical (unpaired) electrons. The van der Waals surface area contributed by atoms with Crippen molar-refractivity contribution in [3.05, 3.63) is 29.5 Å². The van der Waals surface area contributed by atoms with Gasteiger partial charge in [-0.25, -0.2) is 18.2 Å². The molecule has 0 unspecified atom stereocenters. The van der Waals surface area contributed by atoms with Gasteiger partial charge in [0.15, 0.2) is 5.82 Å². The van der Waals surface area contributed by atoms with Gasteiger partial charge in [-0.05, 0) is 31.9 Å². The maximum Gasteiger partial charge on any atom is 0.261 e. The number of aromatic nitrogens is 2. The Bertz CT molecular complexity index is 1020. The Morgan fingerprint density at radius 2 is 1.97 bits per heavy atom. The van der Waals surface area contributed by atoms with E-state index in [4.69, 9.17) is 20.5 Å². The summed E-state index contributed by atoms with van der Waals surface area (Å²) in [5.74, 6) is 1.13. The van der Waals surface area contributed by atoms with Crippen LogP contribution in [-0.2, 0) is 15.6 Å². The fraction of sp³-hybridized carbons (Fsp3) is 0.526. The lowest BCUT2D eigenvalue weighted by Gasteiger charge is -2.36. The van der Waals surface area contributed by atoms with Crippen LogP contribution in [0.25, 0.3) is 0 Å². The second-order valence-electron chi connectivity index (χ2n) is 7.63. The predicted molar refractivity (Wildman–Crippen MR) is 110 cm³/mol. The summed E-state index contributed by atoms with van der Waals surface area (Å²) in [7, 11) is 3.07. The highest BCUT2D eigenvalue weighted by Crippen LogP contribution is 2.40. The van der Waals surface area contributed by atoms with Crippen molar-refractivity contribution in [3.8, 4) is 5.75 Å². The van der Waals surface area contributed by atoms with Gasteiger partial charge in [0.2, 0.25) is 0 Å². The van der Waals surface area contributed by atoms with E-state index in [1.54, 1.807) is 6.07 Å². The van der Waals surface area contributed by atoms with Crippen molar-refractivity contribution < 1.29 is 18.4 Å². The summed E-state index contributed by atoms with van der Waals surface area (Å²) in [5, 5.41) is 16.8. The Kier molecular flexibility index (Phi) is 5.39. The molecule has 29 heavy (non-hydrogen) atoms. The van der Waals surface area contributed by atoms with E-state index in [2.05, 4.69) is 0 Å². The van der Waals surface area contributed by atoms with Gasteiger partial charge in [0, 0.05) is 22.3 Å². The van der Waals surface area contributed by atoms with Crippen LogP contribution >= 0.6 is 10.7 Å². The van der Waals surface area contributed by atoms with E-state index < -0.39 is 9.05 Å². The van der Waals surface area contributed by atoms with Crippen LogP contribution in [0.1, 0.15) is 49.4 Å². The lowest BCUT2D eigenvalue weighted by molar-refractivity contribution is 0.228. The number of nitrogens with zero attached hydrogens (tertiary/aromatic N) is 4. The number of aryl methyl sites for hydroxylation is 1. The van der Waals surface area contributed by atoms with E-state index >= 15 is 0 Å². The molecule has 0 atom stereocenters. The average Bonchev–Trinajstić information content (AvgIpc) is 3.04. The summed E-state index contributed by atoms with van der Waals surface area (Å²) in [5.41, 5.74) is 2.51. The fourth-order valence-corrected chi connectivity index (χ4v) is 5.08. The molecule has 2 heterocycles. The van der Waals surface area contributed by atoms with Crippen molar-refractivity contribution in [2.75, 3.05) is 23.7 Å². The van der Waals surface area contributed by atoms with Crippen LogP contribution in [0.4, 0.5) is 11.5 Å². The van der Waals surface area contributed by atoms with Crippen LogP contribution in [0, 0.1) is 6.92 Å². The van der Waals surface area contributed by atoms with Crippen LogP contribution < -0.4 is 14.7 Å². The molecule has 0 bridgehead atoms. The Balaban J connectivity index is 1.69. The van der Waals surface area contributed by atoms with Crippen LogP contribution in [0.5, 0.6) is 5.75 Å². The molecular weight excluding hydrogens is 416 g/mol. The molecule has 1 aromatic carbocycles. The van der Waals surface area contributed by atoms with Crippen molar-refractivity contribution in [3.63, 3.8) is 0 Å². The smallest absolute Gasteiger partial charge is 0.261 e. The molecule has 4 rings (SSSR count). The third kappa shape index (κ3) is 3.78. The molecule has 1 aliphatic heterocycles. The molecule has 1 N–H and O–H groups in total. The molecule has 2 aliphatic rings. The third-order valence-corrected chi connectivity index (χ3v) is 7.13. The molecular formula is C19H25ClN4O4S. The van der Waals surface area contributed by atoms with Gasteiger partial charge in [0.1, 0.15) is 12.4 Å². The zero-order valence-electron chi connectivity index (χ0n) is 16.5. The van der Waals surface area contributed by atoms with E-state index in [-0.39, 0.29) is 11.6 Å². The van der Waals surface area contributed by atoms with Gasteiger partial charge in [-0.3, -0.25) is 5.21 Å². The molecule has 0 saturated heterocycles. The molecule has 158 valence electrons. The standard InChI is InChI=1S/C19H25ClN4O4S/c1-13-16-11-22(17-9-8-15(29(20,26)27)10-18(17)28-2)12-23(25)19(16)24(21-13)14-6-4-3-5-7-14/h8-10,14,25H,3-7,11-12H2,1-2H3. The van der Waals surface area contributed by atoms with Crippen molar-refractivity contribution >= 4 is 31.2 Å². The Labute approximate surface area is 175 Å². The van der Waals surface area contributed by atoms with Gasteiger partial charge >= 0.3 is 0 Å². The van der Waals surface area contributed by atoms with Gasteiger partial charge in [-0.15, -0.1) is 0 Å². The molecule has 2 aromatic rings. The molecule has 0 spiro atoms. The second-order valence-corrected chi connectivity index (χ2v) is 10.2. The minimum atomic E-state index is -3.86. The molecule has 0 amide bonds. The summed E-state index contributed by atoms with van der Waals surface area (Å²) in [4.78, 5) is 1.89. The fourth-order valence-electron chi connectivity index (χ4n) is 4.31. The van der Waals surface area contributed by atoms with Crippen molar-refractivity contribution in [2.45, 2.75) is 56.5 Å². The number of hydrogen-bond donors (Lipinski definition) is 1. The normalized spacial score (nSPS) is 18.1. The zero-order valence-corrected chi connectivity index (χ0v) is 18.1. The van der Waals surface area contributed by atoms with Gasteiger partial charge < -0.3 is 9.64 Å². The van der Waals surface area contributed by atoms with Crippen molar-refractivity contribution in [1.29, 1.82) is 0 Å². The number of benzene rings is 1. The van der Waals surface area contributed by atoms with Crippen LogP contribution in [0.3, 0.4) is 0 Å². The quantitative estimate of drug-likeness (QED) is 0.723. The monoisotopic (exact) mass is 440 g/mol. The molecule has 8 nitrogen and oxygen atoms in total. The first-order chi connectivity index (χ1) is 13.8. The number of ether oxygens (including phenoxy) is 1. The van der Waals surface area contributed by atoms with E-state index in [1.165, 1.54) is 43.6 Å². The van der Waals surface area contributed by atoms with Crippen LogP contribution in [0.2, 0.25) is 0 Å². The minimum absolute atomic E-state index is 0.0281. The molecule has 1 saturated carbocycles. The first-order valence-electron chi connectivity index (χ1n) is 9.71. The van der Waals surface area contributed by atoms with Gasteiger partial charge in [-0.1, -0.05) is 19.3 Å². The van der Waals surface area contributed by atoms with E-state index in [9.17, 15) is 13.6 Å².